The van der Waals surface area contributed by atoms with Crippen LogP contribution in [0, 0.1) is 29.6 Å². The van der Waals surface area contributed by atoms with E-state index in [9.17, 15) is 15.0 Å². The van der Waals surface area contributed by atoms with Gasteiger partial charge in [-0.1, -0.05) is 31.6 Å². The van der Waals surface area contributed by atoms with Gasteiger partial charge in [0.15, 0.2) is 0 Å². The summed E-state index contributed by atoms with van der Waals surface area (Å²) in [6, 6.07) is 0. The maximum atomic E-state index is 11.3. The van der Waals surface area contributed by atoms with Crippen molar-refractivity contribution in [2.75, 3.05) is 0 Å². The molecule has 3 nitrogen and oxygen atoms in total. The van der Waals surface area contributed by atoms with E-state index in [-0.39, 0.29) is 23.5 Å². The maximum absolute atomic E-state index is 11.3. The van der Waals surface area contributed by atoms with Crippen LogP contribution in [0.1, 0.15) is 39.0 Å². The van der Waals surface area contributed by atoms with Gasteiger partial charge in [-0.05, 0) is 12.8 Å². The third-order valence-electron chi connectivity index (χ3n) is 3.99. The van der Waals surface area contributed by atoms with Gasteiger partial charge in [-0.2, -0.15) is 0 Å². The number of aliphatic hydroxyl groups excluding tert-OH is 2. The van der Waals surface area contributed by atoms with Crippen molar-refractivity contribution in [3.63, 3.8) is 0 Å². The predicted molar refractivity (Wildman–Crippen MR) is 64.0 cm³/mol. The summed E-state index contributed by atoms with van der Waals surface area (Å²) in [6.07, 6.45) is 2.84. The minimum absolute atomic E-state index is 0.0390. The van der Waals surface area contributed by atoms with Crippen LogP contribution >= 0.6 is 0 Å². The molecule has 94 valence electrons. The van der Waals surface area contributed by atoms with Gasteiger partial charge in [0, 0.05) is 24.2 Å². The zero-order chi connectivity index (χ0) is 12.4. The number of carbonyl (C=O) groups is 1. The van der Waals surface area contributed by atoms with Gasteiger partial charge in [-0.15, -0.1) is 0 Å². The number of aliphatic hydroxyl groups is 2. The highest BCUT2D eigenvalue weighted by atomic mass is 16.3. The molecule has 0 heterocycles. The number of hydrogen-bond donors (Lipinski definition) is 2. The normalized spacial score (nSPS) is 36.8. The highest BCUT2D eigenvalue weighted by Gasteiger charge is 2.52. The summed E-state index contributed by atoms with van der Waals surface area (Å²) in [6.45, 7) is 2.07. The fourth-order valence-corrected chi connectivity index (χ4v) is 2.80. The number of unbranched alkanes of at least 4 members (excludes halogenated alkanes) is 1. The van der Waals surface area contributed by atoms with Crippen LogP contribution in [0.3, 0.4) is 0 Å². The standard InChI is InChI=1S/C14H20O3/c1-2-3-4-10(15)6-5-9-7-11-12(14(9)17)8-13(11)16/h9-12,14-15,17H,2-4,7-8H2,1H3. The molecule has 0 bridgehead atoms. The van der Waals surface area contributed by atoms with Crippen molar-refractivity contribution in [1.29, 1.82) is 0 Å². The molecule has 2 aliphatic carbocycles. The average molecular weight is 236 g/mol. The summed E-state index contributed by atoms with van der Waals surface area (Å²) in [4.78, 5) is 11.3. The van der Waals surface area contributed by atoms with E-state index in [0.717, 1.165) is 12.8 Å². The Kier molecular flexibility index (Phi) is 3.86. The van der Waals surface area contributed by atoms with Gasteiger partial charge >= 0.3 is 0 Å². The second-order valence-corrected chi connectivity index (χ2v) is 5.22. The summed E-state index contributed by atoms with van der Waals surface area (Å²) >= 11 is 0. The largest absolute Gasteiger partial charge is 0.392 e. The van der Waals surface area contributed by atoms with Gasteiger partial charge in [0.05, 0.1) is 6.10 Å². The smallest absolute Gasteiger partial charge is 0.136 e. The molecule has 17 heavy (non-hydrogen) atoms. The zero-order valence-corrected chi connectivity index (χ0v) is 10.2. The zero-order valence-electron chi connectivity index (χ0n) is 10.2. The second-order valence-electron chi connectivity index (χ2n) is 5.22. The molecule has 0 aromatic heterocycles. The molecule has 0 spiro atoms. The Labute approximate surface area is 102 Å². The van der Waals surface area contributed by atoms with E-state index in [2.05, 4.69) is 18.8 Å². The molecule has 0 saturated heterocycles. The Morgan fingerprint density at radius 1 is 1.53 bits per heavy atom. The number of rotatable bonds is 3. The molecule has 2 saturated carbocycles. The SMILES string of the molecule is CCCCC(O)C#CC1CC2C(=O)CC2C1O. The van der Waals surface area contributed by atoms with Gasteiger partial charge in [0.25, 0.3) is 0 Å². The van der Waals surface area contributed by atoms with E-state index < -0.39 is 12.2 Å². The van der Waals surface area contributed by atoms with Gasteiger partial charge in [0.2, 0.25) is 0 Å². The molecule has 5 atom stereocenters. The lowest BCUT2D eigenvalue weighted by Crippen LogP contribution is -2.38. The van der Waals surface area contributed by atoms with E-state index in [1.807, 2.05) is 0 Å². The first-order valence-corrected chi connectivity index (χ1v) is 6.53. The molecule has 5 unspecified atom stereocenters. The highest BCUT2D eigenvalue weighted by molar-refractivity contribution is 5.88. The van der Waals surface area contributed by atoms with Crippen LogP contribution in [0.5, 0.6) is 0 Å². The van der Waals surface area contributed by atoms with E-state index in [4.69, 9.17) is 0 Å². The summed E-state index contributed by atoms with van der Waals surface area (Å²) in [5.41, 5.74) is 0. The van der Waals surface area contributed by atoms with E-state index in [1.54, 1.807) is 0 Å². The molecule has 0 radical (unpaired) electrons. The molecule has 2 N–H and O–H groups in total. The van der Waals surface area contributed by atoms with Crippen molar-refractivity contribution in [2.24, 2.45) is 17.8 Å². The Bertz CT molecular complexity index is 352. The minimum Gasteiger partial charge on any atom is -0.392 e. The number of fused-ring (bicyclic) bond motifs is 1. The number of ketones is 1. The van der Waals surface area contributed by atoms with Gasteiger partial charge in [-0.25, -0.2) is 0 Å². The number of carbonyl (C=O) groups excluding carboxylic acids is 1. The van der Waals surface area contributed by atoms with Crippen molar-refractivity contribution < 1.29 is 15.0 Å². The lowest BCUT2D eigenvalue weighted by Gasteiger charge is -2.29. The predicted octanol–water partition coefficient (Wildman–Crippen LogP) is 1.13. The van der Waals surface area contributed by atoms with Crippen LogP contribution in [-0.4, -0.2) is 28.2 Å². The number of hydrogen-bond acceptors (Lipinski definition) is 3. The summed E-state index contributed by atoms with van der Waals surface area (Å²) < 4.78 is 0. The molecule has 0 aromatic carbocycles. The molecule has 2 rings (SSSR count). The Balaban J connectivity index is 1.87. The maximum Gasteiger partial charge on any atom is 0.136 e. The quantitative estimate of drug-likeness (QED) is 0.722. The van der Waals surface area contributed by atoms with E-state index in [1.165, 1.54) is 0 Å². The first-order valence-electron chi connectivity index (χ1n) is 6.53. The molecule has 3 heteroatoms. The lowest BCUT2D eigenvalue weighted by molar-refractivity contribution is -0.135. The van der Waals surface area contributed by atoms with Crippen LogP contribution in [-0.2, 0) is 4.79 Å². The molecule has 0 aliphatic heterocycles. The molecular formula is C14H20O3. The van der Waals surface area contributed by atoms with E-state index >= 15 is 0 Å². The van der Waals surface area contributed by atoms with Gasteiger partial charge in [-0.3, -0.25) is 4.79 Å². The monoisotopic (exact) mass is 236 g/mol. The molecule has 2 aliphatic rings. The number of Topliss-reactive ketones (excluding diaryl/α,β-unsaturated/α-hetero) is 1. The van der Waals surface area contributed by atoms with E-state index in [0.29, 0.717) is 19.3 Å². The Morgan fingerprint density at radius 2 is 2.29 bits per heavy atom. The van der Waals surface area contributed by atoms with Crippen LogP contribution in [0.15, 0.2) is 0 Å². The first-order chi connectivity index (χ1) is 8.13. The molecule has 0 amide bonds. The Morgan fingerprint density at radius 3 is 2.88 bits per heavy atom. The second kappa shape index (κ2) is 5.20. The van der Waals surface area contributed by atoms with Crippen LogP contribution in [0.25, 0.3) is 0 Å². The van der Waals surface area contributed by atoms with Crippen molar-refractivity contribution in [3.8, 4) is 11.8 Å². The summed E-state index contributed by atoms with van der Waals surface area (Å²) in [5.74, 6) is 6.09. The van der Waals surface area contributed by atoms with Crippen LogP contribution < -0.4 is 0 Å². The van der Waals surface area contributed by atoms with Crippen molar-refractivity contribution in [3.05, 3.63) is 0 Å². The van der Waals surface area contributed by atoms with Crippen molar-refractivity contribution >= 4 is 5.78 Å². The van der Waals surface area contributed by atoms with Crippen molar-refractivity contribution in [2.45, 2.75) is 51.2 Å². The lowest BCUT2D eigenvalue weighted by atomic mass is 9.74. The molecule has 0 aromatic rings. The fourth-order valence-electron chi connectivity index (χ4n) is 2.80. The Hall–Kier alpha value is -0.850. The average Bonchev–Trinajstić information content (AvgIpc) is 2.56. The van der Waals surface area contributed by atoms with Crippen LogP contribution in [0.4, 0.5) is 0 Å². The molecular weight excluding hydrogens is 216 g/mol. The highest BCUT2D eigenvalue weighted by Crippen LogP contribution is 2.47. The van der Waals surface area contributed by atoms with Gasteiger partial charge < -0.3 is 10.2 Å². The third-order valence-corrected chi connectivity index (χ3v) is 3.99. The first kappa shape index (κ1) is 12.6. The fraction of sp³-hybridized carbons (Fsp3) is 0.786. The molecule has 2 fully saturated rings. The minimum atomic E-state index is -0.587. The third kappa shape index (κ3) is 2.53. The summed E-state index contributed by atoms with van der Waals surface area (Å²) in [5, 5.41) is 19.6. The summed E-state index contributed by atoms with van der Waals surface area (Å²) in [7, 11) is 0. The van der Waals surface area contributed by atoms with Crippen molar-refractivity contribution in [1.82, 2.24) is 0 Å². The van der Waals surface area contributed by atoms with Crippen LogP contribution in [0.2, 0.25) is 0 Å². The topological polar surface area (TPSA) is 57.5 Å². The van der Waals surface area contributed by atoms with Gasteiger partial charge in [0.1, 0.15) is 11.9 Å².